The molecule has 52 heavy (non-hydrogen) atoms. The highest BCUT2D eigenvalue weighted by molar-refractivity contribution is 6.06. The van der Waals surface area contributed by atoms with Crippen molar-refractivity contribution in [3.63, 3.8) is 0 Å². The van der Waals surface area contributed by atoms with Crippen LogP contribution in [0.4, 0.5) is 24.9 Å². The number of likely N-dealkylation sites (tertiary alicyclic amines) is 2. The maximum atomic E-state index is 14.1. The molecule has 6 heterocycles. The van der Waals surface area contributed by atoms with Gasteiger partial charge in [0.05, 0.1) is 11.7 Å². The Kier molecular flexibility index (Phi) is 7.02. The van der Waals surface area contributed by atoms with Crippen molar-refractivity contribution in [1.82, 2.24) is 30.0 Å². The van der Waals surface area contributed by atoms with Crippen molar-refractivity contribution in [2.24, 2.45) is 10.8 Å². The molecule has 272 valence electrons. The number of aromatic amines is 1. The topological polar surface area (TPSA) is 93.7 Å². The number of H-pyrrole nitrogens is 1. The molecular weight excluding hydrogens is 669 g/mol. The summed E-state index contributed by atoms with van der Waals surface area (Å²) in [6.45, 7) is 11.0. The van der Waals surface area contributed by atoms with Gasteiger partial charge in [-0.25, -0.2) is 4.98 Å². The van der Waals surface area contributed by atoms with Gasteiger partial charge in [-0.2, -0.15) is 23.3 Å². The minimum atomic E-state index is -4.54. The molecule has 1 amide bonds. The number of aryl methyl sites for hydroxylation is 1. The number of benzene rings is 2. The highest BCUT2D eigenvalue weighted by Gasteiger charge is 2.55. The van der Waals surface area contributed by atoms with Crippen molar-refractivity contribution in [2.45, 2.75) is 63.6 Å². The number of hydrogen-bond acceptors (Lipinski definition) is 8. The van der Waals surface area contributed by atoms with E-state index in [-0.39, 0.29) is 23.0 Å². The Morgan fingerprint density at radius 1 is 1.00 bits per heavy atom. The van der Waals surface area contributed by atoms with E-state index in [4.69, 9.17) is 14.7 Å². The van der Waals surface area contributed by atoms with Crippen molar-refractivity contribution < 1.29 is 22.7 Å². The van der Waals surface area contributed by atoms with Gasteiger partial charge < -0.3 is 19.4 Å². The largest absolute Gasteiger partial charge is 0.481 e. The van der Waals surface area contributed by atoms with E-state index in [1.807, 2.05) is 24.0 Å². The number of amides is 1. The van der Waals surface area contributed by atoms with Crippen molar-refractivity contribution >= 4 is 39.5 Å². The Hall–Kier alpha value is -4.39. The number of anilines is 2. The van der Waals surface area contributed by atoms with Crippen LogP contribution < -0.4 is 14.5 Å². The summed E-state index contributed by atoms with van der Waals surface area (Å²) in [5, 5.41) is 8.91. The quantitative estimate of drug-likeness (QED) is 0.216. The average Bonchev–Trinajstić information content (AvgIpc) is 4.01. The van der Waals surface area contributed by atoms with Gasteiger partial charge in [0.2, 0.25) is 11.9 Å². The highest BCUT2D eigenvalue weighted by Crippen LogP contribution is 2.55. The first-order valence-electron chi connectivity index (χ1n) is 18.7. The molecule has 0 bridgehead atoms. The van der Waals surface area contributed by atoms with Crippen molar-refractivity contribution in [2.75, 3.05) is 68.8 Å². The van der Waals surface area contributed by atoms with Gasteiger partial charge in [0.15, 0.2) is 12.4 Å². The molecule has 6 aliphatic rings. The van der Waals surface area contributed by atoms with E-state index in [0.29, 0.717) is 41.6 Å². The zero-order chi connectivity index (χ0) is 35.6. The number of nitrogens with one attached hydrogen (secondary N) is 1. The molecule has 4 saturated heterocycles. The molecule has 0 unspecified atom stereocenters. The molecule has 0 atom stereocenters. The summed E-state index contributed by atoms with van der Waals surface area (Å²) in [5.41, 5.74) is 5.25. The first kappa shape index (κ1) is 32.3. The lowest BCUT2D eigenvalue weighted by atomic mass is 9.72. The van der Waals surface area contributed by atoms with Crippen LogP contribution in [0.2, 0.25) is 0 Å². The predicted octanol–water partition coefficient (Wildman–Crippen LogP) is 6.20. The Morgan fingerprint density at radius 2 is 1.73 bits per heavy atom. The summed E-state index contributed by atoms with van der Waals surface area (Å²) in [4.78, 5) is 31.5. The van der Waals surface area contributed by atoms with E-state index >= 15 is 0 Å². The van der Waals surface area contributed by atoms with E-state index in [1.165, 1.54) is 18.9 Å². The number of piperidine rings is 1. The number of nitrogens with zero attached hydrogens (tertiary/aromatic N) is 7. The number of alkyl halides is 3. The van der Waals surface area contributed by atoms with Crippen LogP contribution in [0.25, 0.3) is 32.9 Å². The van der Waals surface area contributed by atoms with Crippen LogP contribution in [0.5, 0.6) is 5.75 Å². The van der Waals surface area contributed by atoms with Crippen LogP contribution >= 0.6 is 0 Å². The van der Waals surface area contributed by atoms with Crippen molar-refractivity contribution in [3.8, 4) is 16.9 Å². The zero-order valence-corrected chi connectivity index (χ0v) is 29.4. The third-order valence-electron chi connectivity index (χ3n) is 12.8. The van der Waals surface area contributed by atoms with Crippen LogP contribution in [-0.4, -0.2) is 107 Å². The number of fused-ring (bicyclic) bond motifs is 2. The minimum Gasteiger partial charge on any atom is -0.481 e. The van der Waals surface area contributed by atoms with Crippen LogP contribution in [0.15, 0.2) is 37.1 Å². The maximum Gasteiger partial charge on any atom is 0.422 e. The predicted molar refractivity (Wildman–Crippen MR) is 193 cm³/mol. The zero-order valence-electron chi connectivity index (χ0n) is 29.4. The normalized spacial score (nSPS) is 22.5. The molecule has 1 N–H and O–H groups in total. The Labute approximate surface area is 300 Å². The summed E-state index contributed by atoms with van der Waals surface area (Å²) < 4.78 is 48.2. The number of carbonyl (C=O) groups is 1. The van der Waals surface area contributed by atoms with Gasteiger partial charge in [-0.05, 0) is 91.7 Å². The van der Waals surface area contributed by atoms with Gasteiger partial charge in [-0.3, -0.25) is 14.8 Å². The lowest BCUT2D eigenvalue weighted by molar-refractivity contribution is -0.153. The van der Waals surface area contributed by atoms with E-state index in [0.717, 1.165) is 104 Å². The second-order valence-electron chi connectivity index (χ2n) is 16.5. The van der Waals surface area contributed by atoms with Crippen molar-refractivity contribution in [3.05, 3.63) is 48.2 Å². The maximum absolute atomic E-state index is 14.1. The fourth-order valence-electron chi connectivity index (χ4n) is 9.31. The molecule has 2 aromatic carbocycles. The van der Waals surface area contributed by atoms with Crippen LogP contribution in [0.3, 0.4) is 0 Å². The Bertz CT molecular complexity index is 2110. The molecule has 13 heteroatoms. The lowest BCUT2D eigenvalue weighted by Crippen LogP contribution is -2.66. The van der Waals surface area contributed by atoms with Gasteiger partial charge in [-0.1, -0.05) is 12.6 Å². The van der Waals surface area contributed by atoms with E-state index in [2.05, 4.69) is 37.5 Å². The van der Waals surface area contributed by atoms with Gasteiger partial charge in [0.25, 0.3) is 0 Å². The first-order valence-corrected chi connectivity index (χ1v) is 18.7. The summed E-state index contributed by atoms with van der Waals surface area (Å²) in [7, 11) is 0. The smallest absolute Gasteiger partial charge is 0.422 e. The molecule has 10 rings (SSSR count). The molecular formula is C39H43F3N8O2. The highest BCUT2D eigenvalue weighted by atomic mass is 19.4. The number of hydrogen-bond donors (Lipinski definition) is 1. The fraction of sp³-hybridized carbons (Fsp3) is 0.538. The molecule has 2 saturated carbocycles. The number of carbonyl (C=O) groups excluding carboxylic acids is 1. The first-order chi connectivity index (χ1) is 25.0. The number of ether oxygens (including phenoxy) is 1. The van der Waals surface area contributed by atoms with Gasteiger partial charge in [0, 0.05) is 80.2 Å². The molecule has 10 nitrogen and oxygen atoms in total. The van der Waals surface area contributed by atoms with Crippen LogP contribution in [0, 0.1) is 17.8 Å². The monoisotopic (exact) mass is 712 g/mol. The molecule has 4 aliphatic heterocycles. The number of aromatic nitrogens is 4. The molecule has 0 radical (unpaired) electrons. The molecule has 2 aliphatic carbocycles. The summed E-state index contributed by atoms with van der Waals surface area (Å²) in [5.74, 6) is 1.61. The van der Waals surface area contributed by atoms with Crippen LogP contribution in [0.1, 0.15) is 55.6 Å². The van der Waals surface area contributed by atoms with E-state index in [1.54, 1.807) is 6.20 Å². The second kappa shape index (κ2) is 11.3. The third kappa shape index (κ3) is 5.32. The Balaban J connectivity index is 1.10. The van der Waals surface area contributed by atoms with Gasteiger partial charge in [0.1, 0.15) is 11.3 Å². The minimum absolute atomic E-state index is 0.0352. The fourth-order valence-corrected chi connectivity index (χ4v) is 9.31. The lowest BCUT2D eigenvalue weighted by Gasteiger charge is -2.55. The average molecular weight is 713 g/mol. The molecule has 6 fully saturated rings. The molecule has 2 spiro atoms. The summed E-state index contributed by atoms with van der Waals surface area (Å²) in [6.07, 6.45) is 4.91. The summed E-state index contributed by atoms with van der Waals surface area (Å²) in [6, 6.07) is 6.51. The number of rotatable bonds is 8. The van der Waals surface area contributed by atoms with E-state index in [9.17, 15) is 18.0 Å². The second-order valence-corrected chi connectivity index (χ2v) is 16.5. The van der Waals surface area contributed by atoms with Gasteiger partial charge in [-0.15, -0.1) is 0 Å². The Morgan fingerprint density at radius 3 is 2.40 bits per heavy atom. The van der Waals surface area contributed by atoms with Gasteiger partial charge >= 0.3 is 6.18 Å². The van der Waals surface area contributed by atoms with E-state index < -0.39 is 12.8 Å². The molecule has 2 aromatic heterocycles. The third-order valence-corrected chi connectivity index (χ3v) is 12.8. The SMILES string of the molecule is C=CC(=O)N1CCC2(CC1)CN(c1nc(N3CC(N4CC5(CC5)C4)C3)nc3c(OCC(F)(F)F)c(-c4c(C)ccc5[nH]ncc45)c(C4CC4)cc13)C2. The molecule has 4 aromatic rings. The van der Waals surface area contributed by atoms with Crippen molar-refractivity contribution in [1.29, 1.82) is 0 Å². The summed E-state index contributed by atoms with van der Waals surface area (Å²) >= 11 is 0. The van der Waals surface area contributed by atoms with Crippen LogP contribution in [-0.2, 0) is 4.79 Å². The number of halogens is 3. The standard InChI is InChI=1S/C39H43F3N8O2/c1-3-30(51)47-12-10-38(11-13-47)20-50(21-38)35-27-14-26(24-5-6-24)32(31-23(2)4-7-29-28(31)15-43-46-29)34(52-22-39(40,41)42)33(27)44-36(45-35)48-16-25(17-48)49-18-37(19-49)8-9-37/h3-4,7,14-15,24-25H,1,5-6,8-13,16-22H2,2H3,(H,43,46).